The summed E-state index contributed by atoms with van der Waals surface area (Å²) in [4.78, 5) is 0. The van der Waals surface area contributed by atoms with Gasteiger partial charge >= 0.3 is 0 Å². The van der Waals surface area contributed by atoms with Crippen LogP contribution in [0.25, 0.3) is 0 Å². The van der Waals surface area contributed by atoms with Crippen molar-refractivity contribution < 1.29 is 13.3 Å². The molecule has 0 N–H and O–H groups in total. The van der Waals surface area contributed by atoms with Crippen LogP contribution < -0.4 is 0 Å². The van der Waals surface area contributed by atoms with Crippen molar-refractivity contribution in [3.05, 3.63) is 11.8 Å². The zero-order valence-electron chi connectivity index (χ0n) is 24.2. The molecule has 4 aliphatic rings. The van der Waals surface area contributed by atoms with E-state index in [4.69, 9.17) is 13.3 Å². The van der Waals surface area contributed by atoms with E-state index in [-0.39, 0.29) is 11.5 Å². The third-order valence-corrected chi connectivity index (χ3v) is 12.4. The van der Waals surface area contributed by atoms with E-state index in [1.807, 2.05) is 0 Å². The summed E-state index contributed by atoms with van der Waals surface area (Å²) in [5.74, 6) is 4.28. The van der Waals surface area contributed by atoms with Gasteiger partial charge in [0, 0.05) is 17.4 Å². The Morgan fingerprint density at radius 2 is 1.41 bits per heavy atom. The number of allylic oxidation sites excluding steroid dienone is 1. The molecule has 6 heteroatoms. The van der Waals surface area contributed by atoms with Gasteiger partial charge in [-0.05, 0) is 133 Å². The second-order valence-electron chi connectivity index (χ2n) is 15.6. The van der Waals surface area contributed by atoms with Crippen LogP contribution in [0.15, 0.2) is 11.8 Å². The molecule has 0 amide bonds. The molecule has 0 bridgehead atoms. The predicted molar refractivity (Wildman–Crippen MR) is 151 cm³/mol. The molecule has 3 unspecified atom stereocenters. The molecule has 3 fully saturated rings. The van der Waals surface area contributed by atoms with Crippen LogP contribution in [0.1, 0.15) is 58.8 Å². The van der Waals surface area contributed by atoms with Crippen LogP contribution in [0.2, 0.25) is 58.9 Å². The maximum atomic E-state index is 6.95. The maximum Gasteiger partial charge on any atom is 0.241 e. The van der Waals surface area contributed by atoms with Gasteiger partial charge in [0.15, 0.2) is 16.6 Å². The summed E-state index contributed by atoms with van der Waals surface area (Å²) in [6.07, 6.45) is 12.5. The lowest BCUT2D eigenvalue weighted by molar-refractivity contribution is -0.132. The van der Waals surface area contributed by atoms with Gasteiger partial charge in [0.1, 0.15) is 0 Å². The first-order chi connectivity index (χ1) is 15.4. The fourth-order valence-electron chi connectivity index (χ4n) is 8.41. The first kappa shape index (κ1) is 27.2. The highest BCUT2D eigenvalue weighted by Gasteiger charge is 2.62. The minimum absolute atomic E-state index is 0.146. The average Bonchev–Trinajstić information content (AvgIpc) is 2.89. The van der Waals surface area contributed by atoms with Crippen molar-refractivity contribution in [2.45, 2.75) is 130 Å². The fourth-order valence-corrected chi connectivity index (χ4v) is 11.6. The molecule has 0 aromatic heterocycles. The van der Waals surface area contributed by atoms with E-state index in [1.54, 1.807) is 0 Å². The van der Waals surface area contributed by atoms with Crippen LogP contribution in [0.4, 0.5) is 0 Å². The molecule has 196 valence electrons. The summed E-state index contributed by atoms with van der Waals surface area (Å²) < 4.78 is 20.4. The fraction of sp³-hybridized carbons (Fsp3) is 0.929. The van der Waals surface area contributed by atoms with Crippen LogP contribution in [0.5, 0.6) is 0 Å². The summed E-state index contributed by atoms with van der Waals surface area (Å²) in [5, 5.41) is 0. The quantitative estimate of drug-likeness (QED) is 0.328. The highest BCUT2D eigenvalue weighted by Crippen LogP contribution is 2.67. The number of hydrogen-bond acceptors (Lipinski definition) is 3. The standard InChI is InChI=1S/C28H54O3Si3/c1-27-16-14-21(29-32(3,4)5)18-20(27)12-13-22-23(27)15-17-28(2)25(31-34(9,10)11)19-24(26(22)28)30-33(6,7)8/h19-24,26H,12-18H2,1-11H3/t20-,21-,22?,23?,24+,26?,27+,28-/m1/s1. The van der Waals surface area contributed by atoms with Gasteiger partial charge in [-0.1, -0.05) is 13.8 Å². The molecule has 34 heavy (non-hydrogen) atoms. The molecule has 0 aromatic rings. The number of rotatable bonds is 6. The maximum absolute atomic E-state index is 6.95. The summed E-state index contributed by atoms with van der Waals surface area (Å²) in [6, 6.07) is 0. The van der Waals surface area contributed by atoms with Gasteiger partial charge in [0.25, 0.3) is 0 Å². The molecule has 3 nitrogen and oxygen atoms in total. The van der Waals surface area contributed by atoms with E-state index in [2.05, 4.69) is 78.8 Å². The lowest BCUT2D eigenvalue weighted by atomic mass is 9.45. The summed E-state index contributed by atoms with van der Waals surface area (Å²) in [7, 11) is -4.81. The lowest BCUT2D eigenvalue weighted by Gasteiger charge is -2.61. The summed E-state index contributed by atoms with van der Waals surface area (Å²) in [6.45, 7) is 26.3. The van der Waals surface area contributed by atoms with E-state index in [0.717, 1.165) is 17.8 Å². The second kappa shape index (κ2) is 8.85. The Labute approximate surface area is 214 Å². The SMILES string of the molecule is C[C@]12CCC3C(CC[C@@H]4C[C@H](O[Si](C)(C)C)CC[C@]34C)C1[C@@H](O[Si](C)(C)C)C=C2O[Si](C)(C)C. The van der Waals surface area contributed by atoms with E-state index in [0.29, 0.717) is 17.4 Å². The van der Waals surface area contributed by atoms with Crippen molar-refractivity contribution in [2.24, 2.45) is 34.5 Å². The third-order valence-electron chi connectivity index (χ3n) is 9.53. The third kappa shape index (κ3) is 5.37. The van der Waals surface area contributed by atoms with E-state index >= 15 is 0 Å². The zero-order chi connectivity index (χ0) is 25.3. The molecule has 0 radical (unpaired) electrons. The summed E-state index contributed by atoms with van der Waals surface area (Å²) in [5.41, 5.74) is 0.614. The number of hydrogen-bond donors (Lipinski definition) is 0. The smallest absolute Gasteiger partial charge is 0.241 e. The molecule has 0 aliphatic heterocycles. The number of fused-ring (bicyclic) bond motifs is 5. The largest absolute Gasteiger partial charge is 0.547 e. The van der Waals surface area contributed by atoms with Gasteiger partial charge < -0.3 is 13.3 Å². The monoisotopic (exact) mass is 522 g/mol. The van der Waals surface area contributed by atoms with E-state index in [9.17, 15) is 0 Å². The van der Waals surface area contributed by atoms with Crippen LogP contribution >= 0.6 is 0 Å². The Morgan fingerprint density at radius 3 is 2.00 bits per heavy atom. The van der Waals surface area contributed by atoms with E-state index in [1.165, 1.54) is 50.7 Å². The topological polar surface area (TPSA) is 27.7 Å². The van der Waals surface area contributed by atoms with Crippen LogP contribution in [0, 0.1) is 34.5 Å². The molecule has 0 aromatic carbocycles. The summed E-state index contributed by atoms with van der Waals surface area (Å²) >= 11 is 0. The predicted octanol–water partition coefficient (Wildman–Crippen LogP) is 8.42. The average molecular weight is 523 g/mol. The Balaban J connectivity index is 1.60. The minimum Gasteiger partial charge on any atom is -0.547 e. The van der Waals surface area contributed by atoms with Gasteiger partial charge in [0.05, 0.1) is 11.9 Å². The molecule has 8 atom stereocenters. The molecule has 0 spiro atoms. The lowest BCUT2D eigenvalue weighted by Crippen LogP contribution is -2.56. The van der Waals surface area contributed by atoms with Crippen molar-refractivity contribution >= 4 is 25.0 Å². The Hall–Kier alpha value is 0.111. The first-order valence-corrected chi connectivity index (χ1v) is 24.4. The normalized spacial score (nSPS) is 43.0. The molecular weight excluding hydrogens is 469 g/mol. The Morgan fingerprint density at radius 1 is 0.765 bits per heavy atom. The molecule has 4 rings (SSSR count). The molecule has 3 saturated carbocycles. The van der Waals surface area contributed by atoms with Crippen LogP contribution in [-0.4, -0.2) is 37.2 Å². The highest BCUT2D eigenvalue weighted by atomic mass is 28.4. The van der Waals surface area contributed by atoms with Crippen molar-refractivity contribution in [3.8, 4) is 0 Å². The van der Waals surface area contributed by atoms with Gasteiger partial charge in [0.2, 0.25) is 8.32 Å². The first-order valence-electron chi connectivity index (χ1n) is 14.2. The molecule has 0 heterocycles. The molecular formula is C28H54O3Si3. The van der Waals surface area contributed by atoms with Crippen molar-refractivity contribution in [1.82, 2.24) is 0 Å². The van der Waals surface area contributed by atoms with E-state index < -0.39 is 25.0 Å². The molecule has 0 saturated heterocycles. The van der Waals surface area contributed by atoms with Crippen molar-refractivity contribution in [1.29, 1.82) is 0 Å². The van der Waals surface area contributed by atoms with Gasteiger partial charge in [-0.3, -0.25) is 0 Å². The van der Waals surface area contributed by atoms with Crippen LogP contribution in [0.3, 0.4) is 0 Å². The van der Waals surface area contributed by atoms with Gasteiger partial charge in [-0.15, -0.1) is 0 Å². The van der Waals surface area contributed by atoms with Crippen LogP contribution in [-0.2, 0) is 13.3 Å². The minimum atomic E-state index is -1.67. The Bertz CT molecular complexity index is 792. The van der Waals surface area contributed by atoms with Gasteiger partial charge in [-0.25, -0.2) is 0 Å². The van der Waals surface area contributed by atoms with Crippen molar-refractivity contribution in [2.75, 3.05) is 0 Å². The zero-order valence-corrected chi connectivity index (χ0v) is 27.2. The molecule has 4 aliphatic carbocycles. The Kier molecular flexibility index (Phi) is 7.07. The highest BCUT2D eigenvalue weighted by molar-refractivity contribution is 6.70. The van der Waals surface area contributed by atoms with Crippen molar-refractivity contribution in [3.63, 3.8) is 0 Å². The second-order valence-corrected chi connectivity index (χ2v) is 28.9. The van der Waals surface area contributed by atoms with Gasteiger partial charge in [-0.2, -0.15) is 0 Å².